The van der Waals surface area contributed by atoms with E-state index in [9.17, 15) is 4.79 Å². The molecule has 0 aliphatic carbocycles. The largest absolute Gasteiger partial charge is 0.497 e. The van der Waals surface area contributed by atoms with Crippen molar-refractivity contribution >= 4 is 34.6 Å². The molecule has 1 aliphatic heterocycles. The van der Waals surface area contributed by atoms with Crippen molar-refractivity contribution in [3.63, 3.8) is 0 Å². The van der Waals surface area contributed by atoms with Gasteiger partial charge in [-0.25, -0.2) is 4.99 Å². The molecular formula is C20H20N2O3S. The van der Waals surface area contributed by atoms with Crippen molar-refractivity contribution in [3.05, 3.63) is 58.0 Å². The molecule has 0 spiro atoms. The zero-order valence-electron chi connectivity index (χ0n) is 15.1. The molecule has 26 heavy (non-hydrogen) atoms. The molecule has 1 N–H and O–H groups in total. The standard InChI is InChI=1S/C20H20N2O3S/c1-12-5-7-16(13(2)9-12)21-20-22-19(23)18(26-20)11-14-10-15(24-3)6-8-17(14)25-4/h5-11H,1-4H3,(H,21,22,23). The molecule has 3 rings (SSSR count). The number of thioether (sulfide) groups is 1. The number of aryl methyl sites for hydroxylation is 2. The van der Waals surface area contributed by atoms with Crippen molar-refractivity contribution in [2.24, 2.45) is 4.99 Å². The highest BCUT2D eigenvalue weighted by atomic mass is 32.2. The molecule has 0 unspecified atom stereocenters. The monoisotopic (exact) mass is 368 g/mol. The number of carbonyl (C=O) groups is 1. The lowest BCUT2D eigenvalue weighted by atomic mass is 10.1. The number of aliphatic imine (C=N–C) groups is 1. The van der Waals surface area contributed by atoms with E-state index in [0.29, 0.717) is 21.6 Å². The van der Waals surface area contributed by atoms with Gasteiger partial charge in [0, 0.05) is 5.56 Å². The number of ether oxygens (including phenoxy) is 2. The Kier molecular flexibility index (Phi) is 5.32. The summed E-state index contributed by atoms with van der Waals surface area (Å²) < 4.78 is 10.6. The van der Waals surface area contributed by atoms with Crippen LogP contribution < -0.4 is 14.8 Å². The average Bonchev–Trinajstić information content (AvgIpc) is 2.96. The van der Waals surface area contributed by atoms with E-state index in [1.165, 1.54) is 17.3 Å². The van der Waals surface area contributed by atoms with Gasteiger partial charge >= 0.3 is 0 Å². The maximum atomic E-state index is 12.3. The van der Waals surface area contributed by atoms with Gasteiger partial charge in [-0.15, -0.1) is 0 Å². The first-order valence-electron chi connectivity index (χ1n) is 8.09. The second kappa shape index (κ2) is 7.66. The number of hydrogen-bond donors (Lipinski definition) is 1. The minimum absolute atomic E-state index is 0.177. The van der Waals surface area contributed by atoms with E-state index in [-0.39, 0.29) is 5.91 Å². The second-order valence-corrected chi connectivity index (χ2v) is 6.91. The Morgan fingerprint density at radius 2 is 1.88 bits per heavy atom. The first-order valence-corrected chi connectivity index (χ1v) is 8.90. The smallest absolute Gasteiger partial charge is 0.264 e. The molecule has 1 heterocycles. The van der Waals surface area contributed by atoms with E-state index in [1.807, 2.05) is 44.2 Å². The van der Waals surface area contributed by atoms with E-state index in [2.05, 4.69) is 16.4 Å². The van der Waals surface area contributed by atoms with E-state index in [1.54, 1.807) is 20.3 Å². The molecule has 2 aromatic carbocycles. The third-order valence-electron chi connectivity index (χ3n) is 3.95. The Morgan fingerprint density at radius 3 is 2.58 bits per heavy atom. The van der Waals surface area contributed by atoms with Gasteiger partial charge in [0.2, 0.25) is 0 Å². The summed E-state index contributed by atoms with van der Waals surface area (Å²) in [6.45, 7) is 4.05. The Labute approximate surface area is 157 Å². The first-order chi connectivity index (χ1) is 12.5. The number of nitrogens with one attached hydrogen (secondary N) is 1. The molecular weight excluding hydrogens is 348 g/mol. The summed E-state index contributed by atoms with van der Waals surface area (Å²) in [4.78, 5) is 17.4. The van der Waals surface area contributed by atoms with Gasteiger partial charge in [0.15, 0.2) is 5.17 Å². The number of benzene rings is 2. The lowest BCUT2D eigenvalue weighted by molar-refractivity contribution is -0.115. The highest BCUT2D eigenvalue weighted by Crippen LogP contribution is 2.32. The molecule has 1 saturated heterocycles. The van der Waals surface area contributed by atoms with Gasteiger partial charge in [-0.3, -0.25) is 4.79 Å². The van der Waals surface area contributed by atoms with Gasteiger partial charge in [-0.1, -0.05) is 17.7 Å². The minimum Gasteiger partial charge on any atom is -0.497 e. The van der Waals surface area contributed by atoms with Crippen LogP contribution in [0.2, 0.25) is 0 Å². The molecule has 0 aromatic heterocycles. The molecule has 2 aromatic rings. The third-order valence-corrected chi connectivity index (χ3v) is 4.86. The predicted octanol–water partition coefficient (Wildman–Crippen LogP) is 4.21. The van der Waals surface area contributed by atoms with Gasteiger partial charge in [-0.05, 0) is 61.5 Å². The number of carbonyl (C=O) groups excluding carboxylic acids is 1. The van der Waals surface area contributed by atoms with Crippen LogP contribution in [0.25, 0.3) is 6.08 Å². The third kappa shape index (κ3) is 3.91. The van der Waals surface area contributed by atoms with Crippen molar-refractivity contribution in [2.75, 3.05) is 14.2 Å². The van der Waals surface area contributed by atoms with Gasteiger partial charge in [0.05, 0.1) is 24.8 Å². The van der Waals surface area contributed by atoms with Gasteiger partial charge in [-0.2, -0.15) is 0 Å². The van der Waals surface area contributed by atoms with Gasteiger partial charge < -0.3 is 14.8 Å². The fraction of sp³-hybridized carbons (Fsp3) is 0.200. The zero-order chi connectivity index (χ0) is 18.7. The van der Waals surface area contributed by atoms with Crippen LogP contribution in [0.1, 0.15) is 16.7 Å². The number of hydrogen-bond acceptors (Lipinski definition) is 5. The highest BCUT2D eigenvalue weighted by Gasteiger charge is 2.24. The summed E-state index contributed by atoms with van der Waals surface area (Å²) in [5.74, 6) is 1.19. The molecule has 6 heteroatoms. The van der Waals surface area contributed by atoms with E-state index in [4.69, 9.17) is 9.47 Å². The van der Waals surface area contributed by atoms with Crippen LogP contribution in [0.4, 0.5) is 5.69 Å². The fourth-order valence-electron chi connectivity index (χ4n) is 2.61. The van der Waals surface area contributed by atoms with Crippen molar-refractivity contribution in [3.8, 4) is 11.5 Å². The summed E-state index contributed by atoms with van der Waals surface area (Å²) in [6, 6.07) is 11.5. The molecule has 0 atom stereocenters. The van der Waals surface area contributed by atoms with E-state index < -0.39 is 0 Å². The number of nitrogens with zero attached hydrogens (tertiary/aromatic N) is 1. The molecule has 134 valence electrons. The lowest BCUT2D eigenvalue weighted by Crippen LogP contribution is -2.19. The Bertz CT molecular complexity index is 919. The quantitative estimate of drug-likeness (QED) is 0.821. The summed E-state index contributed by atoms with van der Waals surface area (Å²) >= 11 is 1.31. The summed E-state index contributed by atoms with van der Waals surface area (Å²) in [5, 5.41) is 3.38. The number of amides is 1. The van der Waals surface area contributed by atoms with Gasteiger partial charge in [0.25, 0.3) is 5.91 Å². The molecule has 1 amide bonds. The fourth-order valence-corrected chi connectivity index (χ4v) is 3.44. The normalized spacial score (nSPS) is 16.8. The van der Waals surface area contributed by atoms with Crippen molar-refractivity contribution in [2.45, 2.75) is 13.8 Å². The molecule has 0 saturated carbocycles. The van der Waals surface area contributed by atoms with Crippen LogP contribution in [0.15, 0.2) is 46.3 Å². The van der Waals surface area contributed by atoms with Crippen molar-refractivity contribution < 1.29 is 14.3 Å². The molecule has 1 fully saturated rings. The second-order valence-electron chi connectivity index (χ2n) is 5.88. The Balaban J connectivity index is 1.90. The molecule has 0 radical (unpaired) electrons. The Hall–Kier alpha value is -2.73. The highest BCUT2D eigenvalue weighted by molar-refractivity contribution is 8.18. The van der Waals surface area contributed by atoms with Crippen molar-refractivity contribution in [1.29, 1.82) is 0 Å². The van der Waals surface area contributed by atoms with Crippen LogP contribution in [-0.4, -0.2) is 25.3 Å². The topological polar surface area (TPSA) is 59.9 Å². The molecule has 0 bridgehead atoms. The van der Waals surface area contributed by atoms with E-state index in [0.717, 1.165) is 16.8 Å². The van der Waals surface area contributed by atoms with Crippen LogP contribution >= 0.6 is 11.8 Å². The molecule has 1 aliphatic rings. The number of rotatable bonds is 4. The summed E-state index contributed by atoms with van der Waals surface area (Å²) in [6.07, 6.45) is 1.78. The lowest BCUT2D eigenvalue weighted by Gasteiger charge is -2.07. The maximum absolute atomic E-state index is 12.3. The zero-order valence-corrected chi connectivity index (χ0v) is 15.9. The van der Waals surface area contributed by atoms with E-state index >= 15 is 0 Å². The average molecular weight is 368 g/mol. The molecule has 5 nitrogen and oxygen atoms in total. The Morgan fingerprint density at radius 1 is 1.08 bits per heavy atom. The maximum Gasteiger partial charge on any atom is 0.264 e. The SMILES string of the molecule is COc1ccc(OC)c(C=C2SC(=Nc3ccc(C)cc3C)NC2=O)c1. The van der Waals surface area contributed by atoms with Crippen LogP contribution in [-0.2, 0) is 4.79 Å². The summed E-state index contributed by atoms with van der Waals surface area (Å²) in [7, 11) is 3.20. The van der Waals surface area contributed by atoms with Crippen LogP contribution in [0.3, 0.4) is 0 Å². The summed E-state index contributed by atoms with van der Waals surface area (Å²) in [5.41, 5.74) is 3.87. The number of amidine groups is 1. The first kappa shape index (κ1) is 18.1. The predicted molar refractivity (Wildman–Crippen MR) is 106 cm³/mol. The van der Waals surface area contributed by atoms with Crippen LogP contribution in [0.5, 0.6) is 11.5 Å². The van der Waals surface area contributed by atoms with Gasteiger partial charge in [0.1, 0.15) is 11.5 Å². The number of methoxy groups -OCH3 is 2. The minimum atomic E-state index is -0.177. The van der Waals surface area contributed by atoms with Crippen LogP contribution in [0, 0.1) is 13.8 Å². The van der Waals surface area contributed by atoms with Crippen molar-refractivity contribution in [1.82, 2.24) is 5.32 Å².